The van der Waals surface area contributed by atoms with Crippen molar-refractivity contribution in [3.8, 4) is 22.9 Å². The third-order valence-corrected chi connectivity index (χ3v) is 4.59. The zero-order valence-electron chi connectivity index (χ0n) is 14.1. The number of nitrogens with zero attached hydrogens (tertiary/aromatic N) is 3. The van der Waals surface area contributed by atoms with E-state index in [2.05, 4.69) is 14.9 Å². The molecule has 142 valence electrons. The predicted octanol–water partition coefficient (Wildman–Crippen LogP) is 3.70. The molecule has 1 heterocycles. The van der Waals surface area contributed by atoms with Crippen LogP contribution in [0.3, 0.4) is 0 Å². The summed E-state index contributed by atoms with van der Waals surface area (Å²) >= 11 is 1.26. The van der Waals surface area contributed by atoms with Crippen molar-refractivity contribution in [3.05, 3.63) is 53.8 Å². The van der Waals surface area contributed by atoms with Crippen LogP contribution in [0.4, 0.5) is 13.2 Å². The summed E-state index contributed by atoms with van der Waals surface area (Å²) in [6, 6.07) is 10.1. The third kappa shape index (κ3) is 4.45. The van der Waals surface area contributed by atoms with Gasteiger partial charge in [-0.25, -0.2) is 9.07 Å². The van der Waals surface area contributed by atoms with E-state index in [1.165, 1.54) is 47.8 Å². The van der Waals surface area contributed by atoms with Gasteiger partial charge in [0.25, 0.3) is 0 Å². The lowest BCUT2D eigenvalue weighted by molar-refractivity contribution is -0.0498. The van der Waals surface area contributed by atoms with E-state index in [0.717, 1.165) is 0 Å². The van der Waals surface area contributed by atoms with Crippen molar-refractivity contribution in [2.24, 2.45) is 0 Å². The van der Waals surface area contributed by atoms with Crippen LogP contribution < -0.4 is 15.3 Å². The lowest BCUT2D eigenvalue weighted by Gasteiger charge is -2.08. The first-order chi connectivity index (χ1) is 13.0. The summed E-state index contributed by atoms with van der Waals surface area (Å²) in [4.78, 5) is 0. The van der Waals surface area contributed by atoms with Gasteiger partial charge in [0.1, 0.15) is 17.3 Å². The normalized spacial score (nSPS) is 11.0. The minimum Gasteiger partial charge on any atom is -0.496 e. The van der Waals surface area contributed by atoms with Gasteiger partial charge in [-0.05, 0) is 42.5 Å². The molecule has 0 unspecified atom stereocenters. The molecule has 2 N–H and O–H groups in total. The van der Waals surface area contributed by atoms with Crippen LogP contribution in [0.25, 0.3) is 11.4 Å². The van der Waals surface area contributed by atoms with Crippen molar-refractivity contribution in [1.82, 2.24) is 14.9 Å². The fourth-order valence-electron chi connectivity index (χ4n) is 2.36. The molecule has 0 fully saturated rings. The molecular weight excluding hydrogens is 381 g/mol. The van der Waals surface area contributed by atoms with Crippen LogP contribution >= 0.6 is 11.8 Å². The number of halogens is 3. The summed E-state index contributed by atoms with van der Waals surface area (Å²) in [7, 11) is 1.51. The van der Waals surface area contributed by atoms with E-state index in [-0.39, 0.29) is 11.6 Å². The van der Waals surface area contributed by atoms with Gasteiger partial charge in [0.2, 0.25) is 5.16 Å². The molecule has 0 saturated carbocycles. The minimum absolute atomic E-state index is 0.0321. The van der Waals surface area contributed by atoms with Crippen molar-refractivity contribution in [1.29, 1.82) is 0 Å². The van der Waals surface area contributed by atoms with Crippen molar-refractivity contribution < 1.29 is 22.6 Å². The molecule has 10 heteroatoms. The van der Waals surface area contributed by atoms with E-state index in [1.807, 2.05) is 0 Å². The van der Waals surface area contributed by atoms with Crippen molar-refractivity contribution in [2.75, 3.05) is 13.0 Å². The smallest absolute Gasteiger partial charge is 0.387 e. The summed E-state index contributed by atoms with van der Waals surface area (Å²) in [6.07, 6.45) is 0. The van der Waals surface area contributed by atoms with E-state index < -0.39 is 6.61 Å². The number of rotatable bonds is 7. The molecule has 0 aliphatic heterocycles. The van der Waals surface area contributed by atoms with Crippen molar-refractivity contribution in [2.45, 2.75) is 17.5 Å². The number of methoxy groups -OCH3 is 1. The molecule has 0 radical (unpaired) electrons. The minimum atomic E-state index is -2.89. The number of hydrogen-bond acceptors (Lipinski definition) is 6. The zero-order valence-corrected chi connectivity index (χ0v) is 14.9. The molecule has 0 aliphatic carbocycles. The number of aromatic nitrogens is 3. The van der Waals surface area contributed by atoms with Crippen molar-refractivity contribution in [3.63, 3.8) is 0 Å². The quantitative estimate of drug-likeness (QED) is 0.485. The molecule has 0 bridgehead atoms. The second-order valence-corrected chi connectivity index (χ2v) is 6.27. The molecule has 0 saturated heterocycles. The first-order valence-corrected chi connectivity index (χ1v) is 8.67. The Morgan fingerprint density at radius 1 is 1.15 bits per heavy atom. The van der Waals surface area contributed by atoms with Gasteiger partial charge in [-0.3, -0.25) is 0 Å². The van der Waals surface area contributed by atoms with E-state index >= 15 is 0 Å². The maximum absolute atomic E-state index is 13.4. The molecule has 3 rings (SSSR count). The second kappa shape index (κ2) is 8.21. The molecule has 0 atom stereocenters. The first-order valence-electron chi connectivity index (χ1n) is 7.69. The molecule has 27 heavy (non-hydrogen) atoms. The molecule has 2 aromatic carbocycles. The highest BCUT2D eigenvalue weighted by Gasteiger charge is 2.14. The largest absolute Gasteiger partial charge is 0.496 e. The van der Waals surface area contributed by atoms with Gasteiger partial charge >= 0.3 is 6.61 Å². The summed E-state index contributed by atoms with van der Waals surface area (Å²) in [6.45, 7) is -2.89. The summed E-state index contributed by atoms with van der Waals surface area (Å²) in [5, 5.41) is 8.45. The van der Waals surface area contributed by atoms with Gasteiger partial charge in [0, 0.05) is 16.9 Å². The highest BCUT2D eigenvalue weighted by atomic mass is 32.2. The highest BCUT2D eigenvalue weighted by molar-refractivity contribution is 7.98. The van der Waals surface area contributed by atoms with Crippen LogP contribution in [0, 0.1) is 5.82 Å². The molecule has 1 aromatic heterocycles. The Labute approximate surface area is 157 Å². The number of thioether (sulfide) groups is 1. The van der Waals surface area contributed by atoms with Gasteiger partial charge in [0.15, 0.2) is 5.82 Å². The van der Waals surface area contributed by atoms with E-state index in [4.69, 9.17) is 10.6 Å². The topological polar surface area (TPSA) is 75.2 Å². The highest BCUT2D eigenvalue weighted by Crippen LogP contribution is 2.29. The Kier molecular flexibility index (Phi) is 5.75. The third-order valence-electron chi connectivity index (χ3n) is 3.60. The number of hydrogen-bond donors (Lipinski definition) is 1. The Morgan fingerprint density at radius 3 is 2.56 bits per heavy atom. The molecular formula is C17H15F3N4O2S. The van der Waals surface area contributed by atoms with Crippen LogP contribution in [0.15, 0.2) is 47.6 Å². The van der Waals surface area contributed by atoms with E-state index in [9.17, 15) is 13.2 Å². The molecule has 6 nitrogen and oxygen atoms in total. The van der Waals surface area contributed by atoms with Gasteiger partial charge in [-0.1, -0.05) is 11.8 Å². The number of ether oxygens (including phenoxy) is 2. The number of benzene rings is 2. The second-order valence-electron chi connectivity index (χ2n) is 5.32. The van der Waals surface area contributed by atoms with Gasteiger partial charge < -0.3 is 15.3 Å². The Morgan fingerprint density at radius 2 is 1.89 bits per heavy atom. The Bertz CT molecular complexity index is 919. The molecule has 0 amide bonds. The van der Waals surface area contributed by atoms with E-state index in [0.29, 0.717) is 33.6 Å². The van der Waals surface area contributed by atoms with Gasteiger partial charge in [0.05, 0.1) is 7.11 Å². The van der Waals surface area contributed by atoms with E-state index in [1.54, 1.807) is 18.2 Å². The number of alkyl halides is 2. The average molecular weight is 396 g/mol. The molecule has 0 spiro atoms. The van der Waals surface area contributed by atoms with Crippen LogP contribution in [0.1, 0.15) is 5.56 Å². The molecule has 0 aliphatic rings. The number of nitrogen functional groups attached to an aromatic ring is 1. The first kappa shape index (κ1) is 18.9. The fourth-order valence-corrected chi connectivity index (χ4v) is 3.19. The summed E-state index contributed by atoms with van der Waals surface area (Å²) in [5.41, 5.74) is 1.24. The predicted molar refractivity (Wildman–Crippen MR) is 94.8 cm³/mol. The van der Waals surface area contributed by atoms with Crippen molar-refractivity contribution >= 4 is 11.8 Å². The fraction of sp³-hybridized carbons (Fsp3) is 0.176. The lowest BCUT2D eigenvalue weighted by atomic mass is 10.2. The maximum atomic E-state index is 13.4. The SMILES string of the molecule is COc1ccc(F)cc1CSc1nnc(-c2ccc(OC(F)F)cc2)n1N. The zero-order chi connectivity index (χ0) is 19.4. The van der Waals surface area contributed by atoms with Gasteiger partial charge in [-0.2, -0.15) is 8.78 Å². The van der Waals surface area contributed by atoms with Gasteiger partial charge in [-0.15, -0.1) is 10.2 Å². The van der Waals surface area contributed by atoms with Crippen LogP contribution in [0.5, 0.6) is 11.5 Å². The molecule has 3 aromatic rings. The summed E-state index contributed by atoms with van der Waals surface area (Å²) < 4.78 is 48.7. The average Bonchev–Trinajstić information content (AvgIpc) is 3.01. The Balaban J connectivity index is 1.75. The van der Waals surface area contributed by atoms with Crippen LogP contribution in [-0.4, -0.2) is 28.6 Å². The Hall–Kier alpha value is -2.88. The number of nitrogens with two attached hydrogens (primary N) is 1. The van der Waals surface area contributed by atoms with Crippen LogP contribution in [0.2, 0.25) is 0 Å². The maximum Gasteiger partial charge on any atom is 0.387 e. The monoisotopic (exact) mass is 396 g/mol. The summed E-state index contributed by atoms with van der Waals surface area (Å²) in [5.74, 6) is 6.98. The van der Waals surface area contributed by atoms with Crippen LogP contribution in [-0.2, 0) is 5.75 Å². The standard InChI is InChI=1S/C17H15F3N4O2S/c1-25-14-7-4-12(18)8-11(14)9-27-17-23-22-15(24(17)21)10-2-5-13(6-3-10)26-16(19)20/h2-8,16H,9,21H2,1H3. The lowest BCUT2D eigenvalue weighted by Crippen LogP contribution is -2.11.